The van der Waals surface area contributed by atoms with E-state index in [1.165, 1.54) is 6.07 Å². The molecule has 4 rings (SSSR count). The molecule has 0 aliphatic carbocycles. The molecule has 2 aliphatic rings. The third-order valence-corrected chi connectivity index (χ3v) is 5.69. The second-order valence-electron chi connectivity index (χ2n) is 7.14. The Kier molecular flexibility index (Phi) is 5.09. The van der Waals surface area contributed by atoms with Crippen molar-refractivity contribution in [1.29, 1.82) is 0 Å². The first kappa shape index (κ1) is 18.6. The van der Waals surface area contributed by atoms with Crippen LogP contribution in [0.15, 0.2) is 54.6 Å². The lowest BCUT2D eigenvalue weighted by Crippen LogP contribution is -2.43. The van der Waals surface area contributed by atoms with Gasteiger partial charge >= 0.3 is 12.1 Å². The number of amides is 1. The van der Waals surface area contributed by atoms with Crippen LogP contribution < -0.4 is 0 Å². The number of ether oxygens (including phenoxy) is 1. The number of carbonyl (C=O) groups is 2. The molecule has 2 bridgehead atoms. The number of rotatable bonds is 4. The molecule has 2 aromatic carbocycles. The van der Waals surface area contributed by atoms with Crippen molar-refractivity contribution in [3.8, 4) is 0 Å². The van der Waals surface area contributed by atoms with Crippen LogP contribution in [-0.2, 0) is 11.3 Å². The summed E-state index contributed by atoms with van der Waals surface area (Å²) in [6, 6.07) is 14.7. The third-order valence-electron chi connectivity index (χ3n) is 5.38. The van der Waals surface area contributed by atoms with Crippen LogP contribution in [0, 0.1) is 0 Å². The van der Waals surface area contributed by atoms with Gasteiger partial charge in [0.25, 0.3) is 0 Å². The molecule has 144 valence electrons. The summed E-state index contributed by atoms with van der Waals surface area (Å²) in [5, 5.41) is 9.36. The molecule has 0 spiro atoms. The lowest BCUT2D eigenvalue weighted by molar-refractivity contribution is 0.0696. The average Bonchev–Trinajstić information content (AvgIpc) is 2.96. The molecule has 0 saturated carbocycles. The molecule has 2 heterocycles. The highest BCUT2D eigenvalue weighted by molar-refractivity contribution is 6.33. The Hall–Kier alpha value is -2.79. The van der Waals surface area contributed by atoms with E-state index in [1.807, 2.05) is 35.2 Å². The topological polar surface area (TPSA) is 66.8 Å². The zero-order valence-corrected chi connectivity index (χ0v) is 15.9. The van der Waals surface area contributed by atoms with E-state index in [4.69, 9.17) is 21.4 Å². The second-order valence-corrected chi connectivity index (χ2v) is 7.55. The van der Waals surface area contributed by atoms with Crippen molar-refractivity contribution in [2.75, 3.05) is 0 Å². The van der Waals surface area contributed by atoms with Crippen molar-refractivity contribution in [3.63, 3.8) is 0 Å². The average molecular weight is 398 g/mol. The molecule has 2 unspecified atom stereocenters. The number of benzene rings is 2. The van der Waals surface area contributed by atoms with Crippen LogP contribution >= 0.6 is 11.6 Å². The van der Waals surface area contributed by atoms with E-state index in [9.17, 15) is 9.59 Å². The van der Waals surface area contributed by atoms with Crippen molar-refractivity contribution < 1.29 is 19.4 Å². The second kappa shape index (κ2) is 7.68. The Labute approximate surface area is 168 Å². The Morgan fingerprint density at radius 1 is 1.14 bits per heavy atom. The molecule has 0 radical (unpaired) electrons. The van der Waals surface area contributed by atoms with Crippen LogP contribution in [0.4, 0.5) is 4.79 Å². The molecule has 1 fully saturated rings. The highest BCUT2D eigenvalue weighted by Crippen LogP contribution is 2.39. The number of halogens is 1. The van der Waals surface area contributed by atoms with Gasteiger partial charge in [-0.1, -0.05) is 54.1 Å². The van der Waals surface area contributed by atoms with Crippen LogP contribution in [0.5, 0.6) is 0 Å². The predicted molar refractivity (Wildman–Crippen MR) is 106 cm³/mol. The lowest BCUT2D eigenvalue weighted by Gasteiger charge is -2.33. The summed E-state index contributed by atoms with van der Waals surface area (Å²) in [5.41, 5.74) is 3.06. The largest absolute Gasteiger partial charge is 0.478 e. The van der Waals surface area contributed by atoms with Gasteiger partial charge in [-0.05, 0) is 48.1 Å². The van der Waals surface area contributed by atoms with Crippen LogP contribution in [-0.4, -0.2) is 34.2 Å². The normalized spacial score (nSPS) is 20.6. The Bertz CT molecular complexity index is 941. The first-order chi connectivity index (χ1) is 13.5. The Morgan fingerprint density at radius 2 is 1.93 bits per heavy atom. The number of carboxylic acids is 1. The van der Waals surface area contributed by atoms with Gasteiger partial charge in [-0.15, -0.1) is 0 Å². The number of fused-ring (bicyclic) bond motifs is 2. The van der Waals surface area contributed by atoms with Gasteiger partial charge in [-0.3, -0.25) is 4.90 Å². The maximum absolute atomic E-state index is 12.6. The first-order valence-corrected chi connectivity index (χ1v) is 9.63. The van der Waals surface area contributed by atoms with Gasteiger partial charge in [-0.2, -0.15) is 0 Å². The highest BCUT2D eigenvalue weighted by Gasteiger charge is 2.40. The summed E-state index contributed by atoms with van der Waals surface area (Å²) in [5.74, 6) is -1.04. The summed E-state index contributed by atoms with van der Waals surface area (Å²) in [6.45, 7) is 0.262. The van der Waals surface area contributed by atoms with E-state index in [0.29, 0.717) is 6.42 Å². The van der Waals surface area contributed by atoms with E-state index in [1.54, 1.807) is 12.1 Å². The maximum atomic E-state index is 12.6. The van der Waals surface area contributed by atoms with Gasteiger partial charge in [0.15, 0.2) is 0 Å². The van der Waals surface area contributed by atoms with Crippen molar-refractivity contribution in [1.82, 2.24) is 4.90 Å². The molecule has 28 heavy (non-hydrogen) atoms. The minimum Gasteiger partial charge on any atom is -0.478 e. The molecule has 2 aromatic rings. The van der Waals surface area contributed by atoms with Crippen molar-refractivity contribution in [2.45, 2.75) is 38.0 Å². The molecule has 1 amide bonds. The molecule has 1 saturated heterocycles. The van der Waals surface area contributed by atoms with Gasteiger partial charge in [0.1, 0.15) is 6.61 Å². The van der Waals surface area contributed by atoms with E-state index < -0.39 is 5.97 Å². The minimum atomic E-state index is -1.04. The predicted octanol–water partition coefficient (Wildman–Crippen LogP) is 5.00. The van der Waals surface area contributed by atoms with E-state index >= 15 is 0 Å². The molecule has 5 nitrogen and oxygen atoms in total. The van der Waals surface area contributed by atoms with Gasteiger partial charge in [0.05, 0.1) is 16.6 Å². The van der Waals surface area contributed by atoms with E-state index in [2.05, 4.69) is 6.08 Å². The minimum absolute atomic E-state index is 0.00468. The molecule has 6 heteroatoms. The van der Waals surface area contributed by atoms with Crippen molar-refractivity contribution >= 4 is 29.2 Å². The van der Waals surface area contributed by atoms with E-state index in [-0.39, 0.29) is 35.4 Å². The van der Waals surface area contributed by atoms with Crippen molar-refractivity contribution in [3.05, 3.63) is 76.3 Å². The summed E-state index contributed by atoms with van der Waals surface area (Å²) in [6.07, 6.45) is 4.33. The molecule has 2 atom stereocenters. The van der Waals surface area contributed by atoms with E-state index in [0.717, 1.165) is 29.5 Å². The highest BCUT2D eigenvalue weighted by atomic mass is 35.5. The fraction of sp³-hybridized carbons (Fsp3) is 0.273. The molecular formula is C22H20ClNO4. The van der Waals surface area contributed by atoms with Crippen LogP contribution in [0.1, 0.15) is 40.7 Å². The fourth-order valence-corrected chi connectivity index (χ4v) is 4.27. The Balaban J connectivity index is 1.48. The SMILES string of the molecule is O=C(O)c1ccc(C2=CC3CCC(C2)N3C(=O)OCc2ccccc2)cc1Cl. The van der Waals surface area contributed by atoms with Crippen molar-refractivity contribution in [2.24, 2.45) is 0 Å². The van der Waals surface area contributed by atoms with Gasteiger partial charge in [0.2, 0.25) is 0 Å². The quantitative estimate of drug-likeness (QED) is 0.788. The third kappa shape index (κ3) is 3.62. The molecule has 0 aromatic heterocycles. The zero-order valence-electron chi connectivity index (χ0n) is 15.2. The number of aromatic carboxylic acids is 1. The summed E-state index contributed by atoms with van der Waals surface area (Å²) in [7, 11) is 0. The Morgan fingerprint density at radius 3 is 2.61 bits per heavy atom. The standard InChI is InChI=1S/C22H20ClNO4/c23-20-12-15(6-9-19(20)21(25)26)16-10-17-7-8-18(11-16)24(17)22(27)28-13-14-4-2-1-3-5-14/h1-6,9-10,12,17-18H,7-8,11,13H2,(H,25,26). The zero-order chi connectivity index (χ0) is 19.7. The summed E-state index contributed by atoms with van der Waals surface area (Å²) >= 11 is 6.12. The van der Waals surface area contributed by atoms with Gasteiger partial charge < -0.3 is 9.84 Å². The van der Waals surface area contributed by atoms with Gasteiger partial charge in [0, 0.05) is 6.04 Å². The number of hydrogen-bond donors (Lipinski definition) is 1. The maximum Gasteiger partial charge on any atom is 0.410 e. The van der Waals surface area contributed by atoms with Gasteiger partial charge in [-0.25, -0.2) is 9.59 Å². The van der Waals surface area contributed by atoms with Crippen LogP contribution in [0.25, 0.3) is 5.57 Å². The van der Waals surface area contributed by atoms with Crippen LogP contribution in [0.2, 0.25) is 5.02 Å². The van der Waals surface area contributed by atoms with Crippen LogP contribution in [0.3, 0.4) is 0 Å². The lowest BCUT2D eigenvalue weighted by atomic mass is 9.94. The smallest absolute Gasteiger partial charge is 0.410 e. The molecular weight excluding hydrogens is 378 g/mol. The first-order valence-electron chi connectivity index (χ1n) is 9.26. The number of carbonyl (C=O) groups excluding carboxylic acids is 1. The number of hydrogen-bond acceptors (Lipinski definition) is 3. The molecule has 2 aliphatic heterocycles. The molecule has 1 N–H and O–H groups in total. The number of carboxylic acid groups (broad SMARTS) is 1. The summed E-state index contributed by atoms with van der Waals surface area (Å²) in [4.78, 5) is 25.6. The summed E-state index contributed by atoms with van der Waals surface area (Å²) < 4.78 is 5.52. The monoisotopic (exact) mass is 397 g/mol. The fourth-order valence-electron chi connectivity index (χ4n) is 4.01. The number of nitrogens with zero attached hydrogens (tertiary/aromatic N) is 1.